The van der Waals surface area contributed by atoms with Crippen LogP contribution in [0.25, 0.3) is 0 Å². The molecule has 1 atom stereocenters. The van der Waals surface area contributed by atoms with Gasteiger partial charge in [-0.3, -0.25) is 20.4 Å². The van der Waals surface area contributed by atoms with Gasteiger partial charge in [-0.2, -0.15) is 0 Å². The average Bonchev–Trinajstić information content (AvgIpc) is 2.55. The highest BCUT2D eigenvalue weighted by atomic mass is 35.5. The van der Waals surface area contributed by atoms with E-state index in [1.165, 1.54) is 11.8 Å². The summed E-state index contributed by atoms with van der Waals surface area (Å²) in [5, 5.41) is 2.86. The molecule has 0 saturated heterocycles. The molecule has 0 unspecified atom stereocenters. The Bertz CT molecular complexity index is 754. The van der Waals surface area contributed by atoms with Crippen LogP contribution >= 0.6 is 23.4 Å². The van der Waals surface area contributed by atoms with Crippen molar-refractivity contribution in [3.8, 4) is 0 Å². The molecule has 0 fully saturated rings. The summed E-state index contributed by atoms with van der Waals surface area (Å²) in [7, 11) is 0. The monoisotopic (exact) mass is 347 g/mol. The molecule has 23 heavy (non-hydrogen) atoms. The van der Waals surface area contributed by atoms with E-state index in [1.54, 1.807) is 18.2 Å². The first kappa shape index (κ1) is 15.7. The third kappa shape index (κ3) is 3.78. The van der Waals surface area contributed by atoms with E-state index < -0.39 is 5.25 Å². The largest absolute Gasteiger partial charge is 0.324 e. The normalized spacial score (nSPS) is 16.2. The molecule has 0 saturated carbocycles. The number of thioether (sulfide) groups is 1. The Morgan fingerprint density at radius 2 is 1.91 bits per heavy atom. The van der Waals surface area contributed by atoms with Gasteiger partial charge in [0, 0.05) is 11.3 Å². The minimum Gasteiger partial charge on any atom is -0.324 e. The van der Waals surface area contributed by atoms with Crippen molar-refractivity contribution in [3.05, 3.63) is 53.6 Å². The number of nitrogens with one attached hydrogen (secondary N) is 3. The Morgan fingerprint density at radius 1 is 1.17 bits per heavy atom. The summed E-state index contributed by atoms with van der Waals surface area (Å²) in [6.45, 7) is 0. The maximum Gasteiger partial charge on any atom is 0.239 e. The van der Waals surface area contributed by atoms with Crippen LogP contribution in [-0.2, 0) is 9.59 Å². The lowest BCUT2D eigenvalue weighted by Crippen LogP contribution is -2.37. The van der Waals surface area contributed by atoms with Crippen molar-refractivity contribution in [1.29, 1.82) is 0 Å². The number of amides is 2. The molecule has 0 aliphatic carbocycles. The van der Waals surface area contributed by atoms with Crippen molar-refractivity contribution < 1.29 is 9.59 Å². The first-order chi connectivity index (χ1) is 11.1. The first-order valence-corrected chi connectivity index (χ1v) is 8.25. The maximum atomic E-state index is 12.1. The number of halogens is 1. The minimum atomic E-state index is -0.460. The second-order valence-electron chi connectivity index (χ2n) is 4.95. The van der Waals surface area contributed by atoms with Crippen LogP contribution in [0.15, 0.2) is 53.4 Å². The number of anilines is 2. The summed E-state index contributed by atoms with van der Waals surface area (Å²) >= 11 is 7.39. The maximum absolute atomic E-state index is 12.1. The predicted octanol–water partition coefficient (Wildman–Crippen LogP) is 3.29. The predicted molar refractivity (Wildman–Crippen MR) is 92.6 cm³/mol. The molecule has 0 radical (unpaired) electrons. The summed E-state index contributed by atoms with van der Waals surface area (Å²) in [6.07, 6.45) is 0.0717. The van der Waals surface area contributed by atoms with Gasteiger partial charge in [-0.25, -0.2) is 0 Å². The molecule has 1 aliphatic heterocycles. The van der Waals surface area contributed by atoms with Gasteiger partial charge in [0.1, 0.15) is 0 Å². The molecule has 7 heteroatoms. The van der Waals surface area contributed by atoms with Crippen LogP contribution < -0.4 is 16.2 Å². The molecule has 0 spiro atoms. The van der Waals surface area contributed by atoms with Gasteiger partial charge >= 0.3 is 0 Å². The van der Waals surface area contributed by atoms with Crippen molar-refractivity contribution in [1.82, 2.24) is 5.43 Å². The topological polar surface area (TPSA) is 70.2 Å². The zero-order valence-corrected chi connectivity index (χ0v) is 13.6. The molecule has 3 rings (SSSR count). The average molecular weight is 348 g/mol. The quantitative estimate of drug-likeness (QED) is 0.742. The lowest BCUT2D eigenvalue weighted by molar-refractivity contribution is -0.123. The highest BCUT2D eigenvalue weighted by molar-refractivity contribution is 8.01. The van der Waals surface area contributed by atoms with Crippen LogP contribution in [0.2, 0.25) is 5.02 Å². The first-order valence-electron chi connectivity index (χ1n) is 6.99. The Morgan fingerprint density at radius 3 is 2.74 bits per heavy atom. The number of carbonyl (C=O) groups excluding carboxylic acids is 2. The van der Waals surface area contributed by atoms with Crippen LogP contribution in [0, 0.1) is 0 Å². The van der Waals surface area contributed by atoms with E-state index in [2.05, 4.69) is 16.2 Å². The molecule has 3 N–H and O–H groups in total. The van der Waals surface area contributed by atoms with Crippen molar-refractivity contribution in [2.75, 3.05) is 10.7 Å². The fraction of sp³-hybridized carbons (Fsp3) is 0.125. The standard InChI is InChI=1S/C16H14ClN3O2S/c17-10-5-1-2-6-11(10)19-20-15(21)9-14-16(22)18-12-7-3-4-8-13(12)23-14/h1-8,14,19H,9H2,(H,18,22)(H,20,21)/t14-/m1/s1. The van der Waals surface area contributed by atoms with E-state index >= 15 is 0 Å². The molecule has 0 bridgehead atoms. The number of hydrogen-bond acceptors (Lipinski definition) is 4. The van der Waals surface area contributed by atoms with Crippen LogP contribution in [0.4, 0.5) is 11.4 Å². The zero-order chi connectivity index (χ0) is 16.2. The second kappa shape index (κ2) is 6.93. The fourth-order valence-corrected chi connectivity index (χ4v) is 3.44. The Hall–Kier alpha value is -2.18. The molecule has 1 aliphatic rings. The second-order valence-corrected chi connectivity index (χ2v) is 6.60. The number of carbonyl (C=O) groups is 2. The summed E-state index contributed by atoms with van der Waals surface area (Å²) in [6, 6.07) is 14.6. The molecular weight excluding hydrogens is 334 g/mol. The fourth-order valence-electron chi connectivity index (χ4n) is 2.15. The number of benzene rings is 2. The Labute approximate surface area is 142 Å². The van der Waals surface area contributed by atoms with Gasteiger partial charge < -0.3 is 5.32 Å². The third-order valence-electron chi connectivity index (χ3n) is 3.29. The zero-order valence-electron chi connectivity index (χ0n) is 12.0. The van der Waals surface area contributed by atoms with Gasteiger partial charge in [0.2, 0.25) is 11.8 Å². The van der Waals surface area contributed by atoms with Crippen LogP contribution in [0.1, 0.15) is 6.42 Å². The molecule has 1 heterocycles. The van der Waals surface area contributed by atoms with E-state index in [0.717, 1.165) is 10.6 Å². The number of hydrogen-bond donors (Lipinski definition) is 3. The summed E-state index contributed by atoms with van der Waals surface area (Å²) in [4.78, 5) is 25.1. The third-order valence-corrected chi connectivity index (χ3v) is 4.89. The number of fused-ring (bicyclic) bond motifs is 1. The van der Waals surface area contributed by atoms with E-state index in [1.807, 2.05) is 30.3 Å². The van der Waals surface area contributed by atoms with Crippen molar-refractivity contribution in [2.45, 2.75) is 16.6 Å². The smallest absolute Gasteiger partial charge is 0.239 e. The lowest BCUT2D eigenvalue weighted by atomic mass is 10.2. The molecule has 2 amide bonds. The lowest BCUT2D eigenvalue weighted by Gasteiger charge is -2.23. The van der Waals surface area contributed by atoms with E-state index in [4.69, 9.17) is 11.6 Å². The molecule has 2 aromatic carbocycles. The van der Waals surface area contributed by atoms with Gasteiger partial charge in [0.25, 0.3) is 0 Å². The highest BCUT2D eigenvalue weighted by Crippen LogP contribution is 2.36. The van der Waals surface area contributed by atoms with Gasteiger partial charge in [-0.15, -0.1) is 11.8 Å². The SMILES string of the molecule is O=C(C[C@H]1Sc2ccccc2NC1=O)NNc1ccccc1Cl. The van der Waals surface area contributed by atoms with Gasteiger partial charge in [-0.05, 0) is 24.3 Å². The van der Waals surface area contributed by atoms with E-state index in [0.29, 0.717) is 10.7 Å². The van der Waals surface area contributed by atoms with Crippen molar-refractivity contribution in [3.63, 3.8) is 0 Å². The number of rotatable bonds is 4. The summed E-state index contributed by atoms with van der Waals surface area (Å²) < 4.78 is 0. The van der Waals surface area contributed by atoms with Gasteiger partial charge in [-0.1, -0.05) is 35.9 Å². The van der Waals surface area contributed by atoms with E-state index in [-0.39, 0.29) is 18.2 Å². The number of para-hydroxylation sites is 2. The van der Waals surface area contributed by atoms with Crippen molar-refractivity contribution in [2.24, 2.45) is 0 Å². The van der Waals surface area contributed by atoms with Crippen LogP contribution in [0.5, 0.6) is 0 Å². The summed E-state index contributed by atoms with van der Waals surface area (Å²) in [5.74, 6) is -0.446. The Balaban J connectivity index is 1.58. The van der Waals surface area contributed by atoms with Crippen LogP contribution in [0.3, 0.4) is 0 Å². The summed E-state index contributed by atoms with van der Waals surface area (Å²) in [5.41, 5.74) is 6.72. The van der Waals surface area contributed by atoms with E-state index in [9.17, 15) is 9.59 Å². The molecule has 5 nitrogen and oxygen atoms in total. The molecule has 118 valence electrons. The number of hydrazine groups is 1. The Kier molecular flexibility index (Phi) is 4.73. The molecular formula is C16H14ClN3O2S. The minimum absolute atomic E-state index is 0.0717. The van der Waals surface area contributed by atoms with Crippen LogP contribution in [-0.4, -0.2) is 17.1 Å². The molecule has 0 aromatic heterocycles. The van der Waals surface area contributed by atoms with Crippen molar-refractivity contribution >= 4 is 46.6 Å². The van der Waals surface area contributed by atoms with Gasteiger partial charge in [0.05, 0.1) is 21.6 Å². The van der Waals surface area contributed by atoms with Gasteiger partial charge in [0.15, 0.2) is 0 Å². The molecule has 2 aromatic rings. The highest BCUT2D eigenvalue weighted by Gasteiger charge is 2.28.